The van der Waals surface area contributed by atoms with Crippen molar-refractivity contribution in [1.82, 2.24) is 0 Å². The molecule has 0 spiro atoms. The Labute approximate surface area is 152 Å². The van der Waals surface area contributed by atoms with Crippen molar-refractivity contribution in [3.8, 4) is 0 Å². The molecule has 136 valence electrons. The van der Waals surface area contributed by atoms with Crippen LogP contribution in [-0.4, -0.2) is 36.6 Å². The average Bonchev–Trinajstić information content (AvgIpc) is 2.50. The molecule has 0 aliphatic rings. The first-order valence-electron chi connectivity index (χ1n) is 7.98. The summed E-state index contributed by atoms with van der Waals surface area (Å²) in [6, 6.07) is 5.67. The highest BCUT2D eigenvalue weighted by Crippen LogP contribution is 2.15. The quantitative estimate of drug-likeness (QED) is 0.355. The number of nitrogens with two attached hydrogens (primary N) is 1. The molecular weight excluding hydrogens is 396 g/mol. The van der Waals surface area contributed by atoms with Crippen molar-refractivity contribution in [3.05, 3.63) is 29.8 Å². The van der Waals surface area contributed by atoms with Gasteiger partial charge in [0, 0.05) is 11.0 Å². The Morgan fingerprint density at radius 1 is 1.21 bits per heavy atom. The van der Waals surface area contributed by atoms with Gasteiger partial charge in [-0.25, -0.2) is 8.42 Å². The van der Waals surface area contributed by atoms with Gasteiger partial charge in [0.25, 0.3) is 0 Å². The number of aliphatic carboxylic acids is 1. The van der Waals surface area contributed by atoms with Crippen molar-refractivity contribution in [3.63, 3.8) is 0 Å². The topological polar surface area (TPSA) is 109 Å². The second-order valence-corrected chi connectivity index (χ2v) is 8.36. The highest BCUT2D eigenvalue weighted by molar-refractivity contribution is 9.09. The molecule has 1 aromatic carbocycles. The van der Waals surface area contributed by atoms with Gasteiger partial charge in [-0.3, -0.25) is 9.52 Å². The normalized spacial score (nSPS) is 12.8. The maximum Gasteiger partial charge on any atom is 0.320 e. The zero-order valence-corrected chi connectivity index (χ0v) is 16.0. The van der Waals surface area contributed by atoms with E-state index in [1.807, 2.05) is 0 Å². The molecule has 0 amide bonds. The van der Waals surface area contributed by atoms with Crippen LogP contribution >= 0.6 is 15.9 Å². The van der Waals surface area contributed by atoms with Crippen LogP contribution in [0.25, 0.3) is 0 Å². The number of rotatable bonds is 12. The van der Waals surface area contributed by atoms with Gasteiger partial charge in [0.1, 0.15) is 6.04 Å². The number of nitrogens with one attached hydrogen (secondary N) is 1. The van der Waals surface area contributed by atoms with E-state index in [4.69, 9.17) is 10.8 Å². The molecule has 4 N–H and O–H groups in total. The molecule has 6 nitrogen and oxygen atoms in total. The lowest BCUT2D eigenvalue weighted by molar-refractivity contribution is -0.138. The highest BCUT2D eigenvalue weighted by atomic mass is 79.9. The zero-order valence-electron chi connectivity index (χ0n) is 13.6. The van der Waals surface area contributed by atoms with Crippen LogP contribution in [0.1, 0.15) is 37.7 Å². The molecule has 24 heavy (non-hydrogen) atoms. The van der Waals surface area contributed by atoms with E-state index in [0.717, 1.165) is 31.0 Å². The fourth-order valence-corrected chi connectivity index (χ4v) is 3.82. The van der Waals surface area contributed by atoms with Gasteiger partial charge in [0.05, 0.1) is 5.75 Å². The van der Waals surface area contributed by atoms with Crippen molar-refractivity contribution in [2.75, 3.05) is 15.8 Å². The lowest BCUT2D eigenvalue weighted by Crippen LogP contribution is -2.32. The summed E-state index contributed by atoms with van der Waals surface area (Å²) in [4.78, 5) is 10.8. The Bertz CT molecular complexity index is 622. The van der Waals surface area contributed by atoms with Crippen LogP contribution in [0.3, 0.4) is 0 Å². The van der Waals surface area contributed by atoms with Crippen molar-refractivity contribution in [2.24, 2.45) is 5.73 Å². The molecule has 0 aliphatic carbocycles. The predicted octanol–water partition coefficient (Wildman–Crippen LogP) is 2.73. The first-order chi connectivity index (χ1) is 11.3. The standard InChI is InChI=1S/C16H25BrN2O4S/c17-9-4-2-1-3-5-10-24(22,23)19-14-8-6-7-13(11-14)12-15(18)16(20)21/h6-8,11,15,19H,1-5,9-10,12,18H2,(H,20,21). The Hall–Kier alpha value is -1.12. The van der Waals surface area contributed by atoms with Crippen molar-refractivity contribution < 1.29 is 18.3 Å². The molecule has 1 rings (SSSR count). The summed E-state index contributed by atoms with van der Waals surface area (Å²) in [5, 5.41) is 9.82. The molecule has 0 heterocycles. The van der Waals surface area contributed by atoms with Crippen molar-refractivity contribution in [2.45, 2.75) is 44.6 Å². The number of unbranched alkanes of at least 4 members (excludes halogenated alkanes) is 4. The van der Waals surface area contributed by atoms with E-state index in [2.05, 4.69) is 20.7 Å². The van der Waals surface area contributed by atoms with Crippen LogP contribution in [0.5, 0.6) is 0 Å². The number of benzene rings is 1. The fourth-order valence-electron chi connectivity index (χ4n) is 2.25. The molecular formula is C16H25BrN2O4S. The first-order valence-corrected chi connectivity index (χ1v) is 10.8. The third kappa shape index (κ3) is 8.65. The second-order valence-electron chi connectivity index (χ2n) is 5.73. The van der Waals surface area contributed by atoms with E-state index in [1.165, 1.54) is 0 Å². The molecule has 1 aromatic rings. The van der Waals surface area contributed by atoms with Crippen LogP contribution in [0.4, 0.5) is 5.69 Å². The minimum atomic E-state index is -3.40. The number of anilines is 1. The van der Waals surface area contributed by atoms with Crippen LogP contribution in [0, 0.1) is 0 Å². The van der Waals surface area contributed by atoms with Crippen LogP contribution in [0.15, 0.2) is 24.3 Å². The smallest absolute Gasteiger partial charge is 0.320 e. The van der Waals surface area contributed by atoms with E-state index < -0.39 is 22.0 Å². The predicted molar refractivity (Wildman–Crippen MR) is 100 cm³/mol. The highest BCUT2D eigenvalue weighted by Gasteiger charge is 2.14. The molecule has 1 atom stereocenters. The van der Waals surface area contributed by atoms with Gasteiger partial charge in [0.15, 0.2) is 0 Å². The molecule has 0 saturated heterocycles. The van der Waals surface area contributed by atoms with Gasteiger partial charge in [-0.1, -0.05) is 47.3 Å². The van der Waals surface area contributed by atoms with Gasteiger partial charge in [-0.15, -0.1) is 0 Å². The number of hydrogen-bond donors (Lipinski definition) is 3. The number of hydrogen-bond acceptors (Lipinski definition) is 4. The first kappa shape index (κ1) is 20.9. The number of halogens is 1. The molecule has 1 unspecified atom stereocenters. The number of carboxylic acids is 1. The SMILES string of the molecule is NC(Cc1cccc(NS(=O)(=O)CCCCCCCBr)c1)C(=O)O. The summed E-state index contributed by atoms with van der Waals surface area (Å²) < 4.78 is 26.7. The number of carboxylic acid groups (broad SMARTS) is 1. The summed E-state index contributed by atoms with van der Waals surface area (Å²) in [5.74, 6) is -0.999. The number of sulfonamides is 1. The number of alkyl halides is 1. The van der Waals surface area contributed by atoms with E-state index in [0.29, 0.717) is 17.7 Å². The molecule has 0 aromatic heterocycles. The van der Waals surface area contributed by atoms with Gasteiger partial charge < -0.3 is 10.8 Å². The maximum atomic E-state index is 12.1. The molecule has 0 saturated carbocycles. The van der Waals surface area contributed by atoms with Crippen LogP contribution < -0.4 is 10.5 Å². The molecule has 0 fully saturated rings. The van der Waals surface area contributed by atoms with Crippen LogP contribution in [0.2, 0.25) is 0 Å². The largest absolute Gasteiger partial charge is 0.480 e. The maximum absolute atomic E-state index is 12.1. The fraction of sp³-hybridized carbons (Fsp3) is 0.562. The number of carbonyl (C=O) groups is 1. The average molecular weight is 421 g/mol. The Morgan fingerprint density at radius 2 is 1.88 bits per heavy atom. The van der Waals surface area contributed by atoms with E-state index in [9.17, 15) is 13.2 Å². The Kier molecular flexibility index (Phi) is 9.31. The van der Waals surface area contributed by atoms with Gasteiger partial charge in [-0.2, -0.15) is 0 Å². The Balaban J connectivity index is 2.50. The molecule has 0 bridgehead atoms. The van der Waals surface area contributed by atoms with Crippen molar-refractivity contribution >= 4 is 37.6 Å². The summed E-state index contributed by atoms with van der Waals surface area (Å²) in [6.45, 7) is 0. The van der Waals surface area contributed by atoms with Gasteiger partial charge in [-0.05, 0) is 37.0 Å². The monoisotopic (exact) mass is 420 g/mol. The minimum absolute atomic E-state index is 0.0835. The molecule has 0 radical (unpaired) electrons. The van der Waals surface area contributed by atoms with E-state index in [1.54, 1.807) is 24.3 Å². The summed E-state index contributed by atoms with van der Waals surface area (Å²) >= 11 is 3.37. The van der Waals surface area contributed by atoms with Gasteiger partial charge in [0.2, 0.25) is 10.0 Å². The van der Waals surface area contributed by atoms with E-state index >= 15 is 0 Å². The van der Waals surface area contributed by atoms with Crippen LogP contribution in [-0.2, 0) is 21.2 Å². The van der Waals surface area contributed by atoms with Gasteiger partial charge >= 0.3 is 5.97 Å². The second kappa shape index (κ2) is 10.7. The summed E-state index contributed by atoms with van der Waals surface area (Å²) in [5.41, 5.74) is 6.62. The third-order valence-corrected chi connectivity index (χ3v) is 5.45. The minimum Gasteiger partial charge on any atom is -0.480 e. The van der Waals surface area contributed by atoms with E-state index in [-0.39, 0.29) is 12.2 Å². The summed E-state index contributed by atoms with van der Waals surface area (Å²) in [7, 11) is -3.40. The lowest BCUT2D eigenvalue weighted by Gasteiger charge is -2.11. The third-order valence-electron chi connectivity index (χ3n) is 3.52. The lowest BCUT2D eigenvalue weighted by atomic mass is 10.1. The zero-order chi connectivity index (χ0) is 18.0. The molecule has 0 aliphatic heterocycles. The Morgan fingerprint density at radius 3 is 2.54 bits per heavy atom. The molecule has 8 heteroatoms. The summed E-state index contributed by atoms with van der Waals surface area (Å²) in [6.07, 6.45) is 4.91. The van der Waals surface area contributed by atoms with Crippen molar-refractivity contribution in [1.29, 1.82) is 0 Å².